The van der Waals surface area contributed by atoms with Crippen LogP contribution in [0.15, 0.2) is 54.7 Å². The Balaban J connectivity index is 2.07. The van der Waals surface area contributed by atoms with E-state index in [1.165, 1.54) is 25.4 Å². The number of esters is 1. The van der Waals surface area contributed by atoms with Gasteiger partial charge in [0.1, 0.15) is 6.61 Å². The minimum absolute atomic E-state index is 0.00939. The Bertz CT molecular complexity index is 937. The summed E-state index contributed by atoms with van der Waals surface area (Å²) in [5, 5.41) is 10.3. The lowest BCUT2D eigenvalue weighted by Gasteiger charge is -2.11. The normalized spacial score (nSPS) is 10.4. The first-order chi connectivity index (χ1) is 12.1. The van der Waals surface area contributed by atoms with Crippen LogP contribution in [0.1, 0.15) is 26.3 Å². The van der Waals surface area contributed by atoms with Crippen LogP contribution in [0.5, 0.6) is 5.88 Å². The predicted molar refractivity (Wildman–Crippen MR) is 90.8 cm³/mol. The van der Waals surface area contributed by atoms with Gasteiger partial charge < -0.3 is 14.6 Å². The maximum atomic E-state index is 11.8. The van der Waals surface area contributed by atoms with Gasteiger partial charge >= 0.3 is 11.9 Å². The Labute approximate surface area is 143 Å². The lowest BCUT2D eigenvalue weighted by Crippen LogP contribution is -2.07. The highest BCUT2D eigenvalue weighted by atomic mass is 16.5. The van der Waals surface area contributed by atoms with Crippen molar-refractivity contribution in [2.45, 2.75) is 6.61 Å². The molecule has 0 aliphatic rings. The van der Waals surface area contributed by atoms with E-state index in [-0.39, 0.29) is 23.6 Å². The van der Waals surface area contributed by atoms with Crippen molar-refractivity contribution in [3.63, 3.8) is 0 Å². The lowest BCUT2D eigenvalue weighted by molar-refractivity contribution is 0.0601. The average Bonchev–Trinajstić information content (AvgIpc) is 2.65. The summed E-state index contributed by atoms with van der Waals surface area (Å²) in [7, 11) is 1.24. The Morgan fingerprint density at radius 3 is 2.52 bits per heavy atom. The zero-order valence-electron chi connectivity index (χ0n) is 13.4. The molecule has 0 unspecified atom stereocenters. The summed E-state index contributed by atoms with van der Waals surface area (Å²) >= 11 is 0. The number of pyridine rings is 1. The number of aromatic carboxylic acids is 1. The molecule has 0 saturated heterocycles. The number of benzene rings is 2. The third kappa shape index (κ3) is 3.42. The molecule has 0 aliphatic heterocycles. The van der Waals surface area contributed by atoms with Gasteiger partial charge in [0, 0.05) is 17.0 Å². The van der Waals surface area contributed by atoms with Gasteiger partial charge in [-0.1, -0.05) is 30.3 Å². The fourth-order valence-electron chi connectivity index (χ4n) is 2.51. The Hall–Kier alpha value is -3.41. The number of carboxylic acid groups (broad SMARTS) is 1. The van der Waals surface area contributed by atoms with Gasteiger partial charge in [-0.3, -0.25) is 0 Å². The summed E-state index contributed by atoms with van der Waals surface area (Å²) in [6.45, 7) is 0.276. The number of carbonyl (C=O) groups excluding carboxylic acids is 1. The van der Waals surface area contributed by atoms with E-state index < -0.39 is 11.9 Å². The molecule has 3 aromatic rings. The van der Waals surface area contributed by atoms with Crippen LogP contribution in [0.4, 0.5) is 0 Å². The van der Waals surface area contributed by atoms with Crippen molar-refractivity contribution in [3.05, 3.63) is 71.4 Å². The number of nitrogens with zero attached hydrogens (tertiary/aromatic N) is 1. The molecule has 0 spiro atoms. The van der Waals surface area contributed by atoms with Gasteiger partial charge in [-0.25, -0.2) is 14.6 Å². The second-order valence-corrected chi connectivity index (χ2v) is 5.31. The summed E-state index contributed by atoms with van der Waals surface area (Å²) < 4.78 is 10.4. The molecule has 126 valence electrons. The molecule has 6 heteroatoms. The first-order valence-electron chi connectivity index (χ1n) is 7.51. The lowest BCUT2D eigenvalue weighted by atomic mass is 10.0. The molecule has 0 amide bonds. The zero-order valence-corrected chi connectivity index (χ0v) is 13.4. The highest BCUT2D eigenvalue weighted by Gasteiger charge is 2.17. The molecule has 0 atom stereocenters. The minimum Gasteiger partial charge on any atom is -0.478 e. The highest BCUT2D eigenvalue weighted by molar-refractivity contribution is 6.08. The van der Waals surface area contributed by atoms with Gasteiger partial charge in [-0.15, -0.1) is 0 Å². The van der Waals surface area contributed by atoms with Crippen LogP contribution < -0.4 is 4.74 Å². The average molecular weight is 337 g/mol. The molecule has 1 heterocycles. The van der Waals surface area contributed by atoms with E-state index in [4.69, 9.17) is 9.47 Å². The third-order valence-electron chi connectivity index (χ3n) is 3.71. The number of fused-ring (bicyclic) bond motifs is 1. The van der Waals surface area contributed by atoms with Crippen molar-refractivity contribution in [2.24, 2.45) is 0 Å². The van der Waals surface area contributed by atoms with Crippen LogP contribution in [-0.4, -0.2) is 29.1 Å². The Morgan fingerprint density at radius 1 is 1.08 bits per heavy atom. The van der Waals surface area contributed by atoms with E-state index >= 15 is 0 Å². The molecule has 0 radical (unpaired) electrons. The summed E-state index contributed by atoms with van der Waals surface area (Å²) in [5.41, 5.74) is 1.07. The summed E-state index contributed by atoms with van der Waals surface area (Å²) in [6, 6.07) is 13.9. The van der Waals surface area contributed by atoms with E-state index in [0.717, 1.165) is 5.56 Å². The number of carbonyl (C=O) groups is 2. The molecule has 0 aliphatic carbocycles. The molecule has 3 rings (SSSR count). The molecule has 1 aromatic heterocycles. The Kier molecular flexibility index (Phi) is 4.61. The number of aromatic nitrogens is 1. The molecular weight excluding hydrogens is 322 g/mol. The third-order valence-corrected chi connectivity index (χ3v) is 3.71. The zero-order chi connectivity index (χ0) is 17.8. The van der Waals surface area contributed by atoms with Crippen LogP contribution >= 0.6 is 0 Å². The van der Waals surface area contributed by atoms with Crippen molar-refractivity contribution in [3.8, 4) is 5.88 Å². The van der Waals surface area contributed by atoms with Crippen LogP contribution in [0.25, 0.3) is 10.8 Å². The van der Waals surface area contributed by atoms with Crippen molar-refractivity contribution in [1.82, 2.24) is 4.98 Å². The fraction of sp³-hybridized carbons (Fsp3) is 0.105. The molecule has 0 bridgehead atoms. The van der Waals surface area contributed by atoms with Gasteiger partial charge in [-0.05, 0) is 23.8 Å². The molecule has 1 N–H and O–H groups in total. The molecule has 25 heavy (non-hydrogen) atoms. The van der Waals surface area contributed by atoms with E-state index in [1.54, 1.807) is 6.07 Å². The number of methoxy groups -OCH3 is 1. The number of hydrogen-bond donors (Lipinski definition) is 1. The van der Waals surface area contributed by atoms with Crippen LogP contribution in [0.2, 0.25) is 0 Å². The summed E-state index contributed by atoms with van der Waals surface area (Å²) in [4.78, 5) is 27.6. The number of ether oxygens (including phenoxy) is 2. The molecule has 6 nitrogen and oxygen atoms in total. The van der Waals surface area contributed by atoms with Crippen LogP contribution in [0, 0.1) is 0 Å². The summed E-state index contributed by atoms with van der Waals surface area (Å²) in [6.07, 6.45) is 1.48. The van der Waals surface area contributed by atoms with Crippen molar-refractivity contribution in [2.75, 3.05) is 7.11 Å². The first kappa shape index (κ1) is 16.4. The van der Waals surface area contributed by atoms with E-state index in [2.05, 4.69) is 4.98 Å². The van der Waals surface area contributed by atoms with Crippen molar-refractivity contribution >= 4 is 22.7 Å². The highest BCUT2D eigenvalue weighted by Crippen LogP contribution is 2.28. The van der Waals surface area contributed by atoms with Gasteiger partial charge in [-0.2, -0.15) is 0 Å². The minimum atomic E-state index is -1.14. The fourth-order valence-corrected chi connectivity index (χ4v) is 2.51. The van der Waals surface area contributed by atoms with Crippen LogP contribution in [0.3, 0.4) is 0 Å². The standard InChI is InChI=1S/C19H15NO5/c1-24-19(23)13-9-15-14(16(10-13)18(21)22)7-8-20-17(15)25-11-12-5-3-2-4-6-12/h2-10H,11H2,1H3,(H,21,22). The Morgan fingerprint density at radius 2 is 1.84 bits per heavy atom. The second-order valence-electron chi connectivity index (χ2n) is 5.31. The maximum absolute atomic E-state index is 11.8. The first-order valence-corrected chi connectivity index (χ1v) is 7.51. The summed E-state index contributed by atoms with van der Waals surface area (Å²) in [5.74, 6) is -1.51. The molecule has 0 saturated carbocycles. The van der Waals surface area contributed by atoms with E-state index in [1.807, 2.05) is 30.3 Å². The smallest absolute Gasteiger partial charge is 0.337 e. The molecular formula is C19H15NO5. The predicted octanol–water partition coefficient (Wildman–Crippen LogP) is 3.30. The number of rotatable bonds is 5. The number of hydrogen-bond acceptors (Lipinski definition) is 5. The van der Waals surface area contributed by atoms with Crippen LogP contribution in [-0.2, 0) is 11.3 Å². The van der Waals surface area contributed by atoms with Gasteiger partial charge in [0.25, 0.3) is 0 Å². The second kappa shape index (κ2) is 7.00. The van der Waals surface area contributed by atoms with Gasteiger partial charge in [0.2, 0.25) is 5.88 Å². The monoisotopic (exact) mass is 337 g/mol. The topological polar surface area (TPSA) is 85.7 Å². The van der Waals surface area contributed by atoms with E-state index in [0.29, 0.717) is 10.8 Å². The number of carboxylic acids is 1. The molecule has 0 fully saturated rings. The van der Waals surface area contributed by atoms with Crippen molar-refractivity contribution in [1.29, 1.82) is 0 Å². The maximum Gasteiger partial charge on any atom is 0.337 e. The van der Waals surface area contributed by atoms with Gasteiger partial charge in [0.05, 0.1) is 18.2 Å². The van der Waals surface area contributed by atoms with E-state index in [9.17, 15) is 14.7 Å². The SMILES string of the molecule is COC(=O)c1cc(C(=O)O)c2ccnc(OCc3ccccc3)c2c1. The van der Waals surface area contributed by atoms with Crippen molar-refractivity contribution < 1.29 is 24.2 Å². The largest absolute Gasteiger partial charge is 0.478 e. The van der Waals surface area contributed by atoms with Gasteiger partial charge in [0.15, 0.2) is 0 Å². The quantitative estimate of drug-likeness (QED) is 0.719. The molecule has 2 aromatic carbocycles.